The van der Waals surface area contributed by atoms with E-state index in [4.69, 9.17) is 11.5 Å². The maximum absolute atomic E-state index is 12.9. The quantitative estimate of drug-likeness (QED) is 0.741. The summed E-state index contributed by atoms with van der Waals surface area (Å²) in [6, 6.07) is 4.42. The third-order valence-corrected chi connectivity index (χ3v) is 2.14. The van der Waals surface area contributed by atoms with E-state index in [1.165, 1.54) is 12.1 Å². The number of benzene rings is 1. The second kappa shape index (κ2) is 4.35. The van der Waals surface area contributed by atoms with Crippen molar-refractivity contribution in [2.45, 2.75) is 19.4 Å². The van der Waals surface area contributed by atoms with Crippen LogP contribution in [0.1, 0.15) is 24.1 Å². The van der Waals surface area contributed by atoms with Gasteiger partial charge in [0.05, 0.1) is 0 Å². The zero-order valence-corrected chi connectivity index (χ0v) is 7.76. The Kier molecular flexibility index (Phi) is 3.39. The summed E-state index contributed by atoms with van der Waals surface area (Å²) in [6.07, 6.45) is 0.851. The third kappa shape index (κ3) is 2.26. The van der Waals surface area contributed by atoms with Gasteiger partial charge in [0.2, 0.25) is 0 Å². The average molecular weight is 182 g/mol. The van der Waals surface area contributed by atoms with Crippen molar-refractivity contribution in [3.63, 3.8) is 0 Å². The smallest absolute Gasteiger partial charge is 0.123 e. The molecule has 0 aliphatic rings. The van der Waals surface area contributed by atoms with Crippen molar-refractivity contribution in [2.75, 3.05) is 6.54 Å². The van der Waals surface area contributed by atoms with Gasteiger partial charge in [-0.2, -0.15) is 0 Å². The normalized spacial score (nSPS) is 12.9. The SMILES string of the molecule is CCc1ccc(F)cc1[C@H](N)CN. The van der Waals surface area contributed by atoms with Crippen LogP contribution in [0.5, 0.6) is 0 Å². The van der Waals surface area contributed by atoms with Gasteiger partial charge in [-0.3, -0.25) is 0 Å². The summed E-state index contributed by atoms with van der Waals surface area (Å²) in [5.41, 5.74) is 13.1. The van der Waals surface area contributed by atoms with Crippen LogP contribution in [0.2, 0.25) is 0 Å². The fourth-order valence-corrected chi connectivity index (χ4v) is 1.36. The van der Waals surface area contributed by atoms with Gasteiger partial charge < -0.3 is 11.5 Å². The summed E-state index contributed by atoms with van der Waals surface area (Å²) in [5.74, 6) is -0.254. The van der Waals surface area contributed by atoms with Crippen molar-refractivity contribution in [3.8, 4) is 0 Å². The molecule has 0 aliphatic carbocycles. The molecule has 0 amide bonds. The summed E-state index contributed by atoms with van der Waals surface area (Å²) >= 11 is 0. The van der Waals surface area contributed by atoms with Crippen molar-refractivity contribution < 1.29 is 4.39 Å². The topological polar surface area (TPSA) is 52.0 Å². The standard InChI is InChI=1S/C10H15FN2/c1-2-7-3-4-8(11)5-9(7)10(13)6-12/h3-5,10H,2,6,12-13H2,1H3/t10-/m1/s1. The minimum atomic E-state index is -0.259. The summed E-state index contributed by atoms with van der Waals surface area (Å²) in [7, 11) is 0. The molecule has 0 saturated carbocycles. The molecule has 0 saturated heterocycles. The van der Waals surface area contributed by atoms with Gasteiger partial charge in [-0.25, -0.2) is 4.39 Å². The van der Waals surface area contributed by atoms with Crippen LogP contribution in [0.4, 0.5) is 4.39 Å². The number of rotatable bonds is 3. The first-order valence-corrected chi connectivity index (χ1v) is 4.43. The first-order chi connectivity index (χ1) is 6.19. The lowest BCUT2D eigenvalue weighted by atomic mass is 9.99. The molecule has 0 unspecified atom stereocenters. The fraction of sp³-hybridized carbons (Fsp3) is 0.400. The molecule has 1 rings (SSSR count). The van der Waals surface area contributed by atoms with Crippen molar-refractivity contribution >= 4 is 0 Å². The second-order valence-electron chi connectivity index (χ2n) is 3.04. The van der Waals surface area contributed by atoms with Crippen molar-refractivity contribution in [3.05, 3.63) is 35.1 Å². The van der Waals surface area contributed by atoms with Gasteiger partial charge in [0, 0.05) is 12.6 Å². The van der Waals surface area contributed by atoms with Crippen LogP contribution in [-0.2, 0) is 6.42 Å². The largest absolute Gasteiger partial charge is 0.329 e. The number of halogens is 1. The van der Waals surface area contributed by atoms with Crippen LogP contribution in [0.3, 0.4) is 0 Å². The van der Waals surface area contributed by atoms with Crippen LogP contribution in [0.15, 0.2) is 18.2 Å². The van der Waals surface area contributed by atoms with Gasteiger partial charge in [0.15, 0.2) is 0 Å². The fourth-order valence-electron chi connectivity index (χ4n) is 1.36. The molecule has 13 heavy (non-hydrogen) atoms. The monoisotopic (exact) mass is 182 g/mol. The molecule has 0 heterocycles. The molecule has 0 spiro atoms. The number of hydrogen-bond donors (Lipinski definition) is 2. The summed E-state index contributed by atoms with van der Waals surface area (Å²) in [6.45, 7) is 2.36. The Hall–Kier alpha value is -0.930. The molecule has 3 heteroatoms. The predicted molar refractivity (Wildman–Crippen MR) is 51.8 cm³/mol. The molecule has 72 valence electrons. The molecule has 0 fully saturated rings. The molecule has 0 bridgehead atoms. The first-order valence-electron chi connectivity index (χ1n) is 4.43. The Morgan fingerprint density at radius 2 is 2.15 bits per heavy atom. The van der Waals surface area contributed by atoms with E-state index >= 15 is 0 Å². The molecule has 0 radical (unpaired) electrons. The molecule has 1 aromatic rings. The number of hydrogen-bond acceptors (Lipinski definition) is 2. The maximum atomic E-state index is 12.9. The summed E-state index contributed by atoms with van der Waals surface area (Å²) < 4.78 is 12.9. The van der Waals surface area contributed by atoms with Crippen LogP contribution in [0.25, 0.3) is 0 Å². The van der Waals surface area contributed by atoms with E-state index in [2.05, 4.69) is 0 Å². The highest BCUT2D eigenvalue weighted by molar-refractivity contribution is 5.30. The average Bonchev–Trinajstić information content (AvgIpc) is 2.16. The van der Waals surface area contributed by atoms with E-state index in [1.54, 1.807) is 6.07 Å². The van der Waals surface area contributed by atoms with Gasteiger partial charge in [0.25, 0.3) is 0 Å². The van der Waals surface area contributed by atoms with Crippen molar-refractivity contribution in [1.29, 1.82) is 0 Å². The lowest BCUT2D eigenvalue weighted by molar-refractivity contribution is 0.617. The van der Waals surface area contributed by atoms with E-state index in [0.29, 0.717) is 6.54 Å². The Bertz CT molecular complexity index is 286. The van der Waals surface area contributed by atoms with Gasteiger partial charge in [0.1, 0.15) is 5.82 Å². The minimum Gasteiger partial charge on any atom is -0.329 e. The number of aryl methyl sites for hydroxylation is 1. The predicted octanol–water partition coefficient (Wildman–Crippen LogP) is 1.35. The molecule has 0 aliphatic heterocycles. The van der Waals surface area contributed by atoms with Crippen molar-refractivity contribution in [1.82, 2.24) is 0 Å². The summed E-state index contributed by atoms with van der Waals surface area (Å²) in [5, 5.41) is 0. The van der Waals surface area contributed by atoms with E-state index in [0.717, 1.165) is 17.5 Å². The Labute approximate surface area is 77.7 Å². The molecule has 1 atom stereocenters. The van der Waals surface area contributed by atoms with Crippen LogP contribution in [0, 0.1) is 5.82 Å². The Morgan fingerprint density at radius 1 is 1.46 bits per heavy atom. The minimum absolute atomic E-state index is 0.254. The van der Waals surface area contributed by atoms with E-state index in [-0.39, 0.29) is 11.9 Å². The maximum Gasteiger partial charge on any atom is 0.123 e. The molecule has 2 nitrogen and oxygen atoms in total. The molecular weight excluding hydrogens is 167 g/mol. The summed E-state index contributed by atoms with van der Waals surface area (Å²) in [4.78, 5) is 0. The van der Waals surface area contributed by atoms with Crippen LogP contribution in [-0.4, -0.2) is 6.54 Å². The molecular formula is C10H15FN2. The van der Waals surface area contributed by atoms with Gasteiger partial charge in [-0.05, 0) is 29.7 Å². The van der Waals surface area contributed by atoms with Crippen molar-refractivity contribution in [2.24, 2.45) is 11.5 Å². The van der Waals surface area contributed by atoms with E-state index in [1.807, 2.05) is 6.92 Å². The van der Waals surface area contributed by atoms with Crippen LogP contribution < -0.4 is 11.5 Å². The zero-order valence-electron chi connectivity index (χ0n) is 7.76. The van der Waals surface area contributed by atoms with E-state index < -0.39 is 0 Å². The Balaban J connectivity index is 3.07. The Morgan fingerprint density at radius 3 is 2.69 bits per heavy atom. The third-order valence-electron chi connectivity index (χ3n) is 2.14. The highest BCUT2D eigenvalue weighted by Crippen LogP contribution is 2.17. The lowest BCUT2D eigenvalue weighted by Crippen LogP contribution is -2.22. The molecule has 1 aromatic carbocycles. The van der Waals surface area contributed by atoms with Gasteiger partial charge in [-0.1, -0.05) is 13.0 Å². The van der Waals surface area contributed by atoms with E-state index in [9.17, 15) is 4.39 Å². The lowest BCUT2D eigenvalue weighted by Gasteiger charge is -2.13. The van der Waals surface area contributed by atoms with Gasteiger partial charge >= 0.3 is 0 Å². The first kappa shape index (κ1) is 10.2. The highest BCUT2D eigenvalue weighted by atomic mass is 19.1. The second-order valence-corrected chi connectivity index (χ2v) is 3.04. The molecule has 4 N–H and O–H groups in total. The zero-order chi connectivity index (χ0) is 9.84. The van der Waals surface area contributed by atoms with Gasteiger partial charge in [-0.15, -0.1) is 0 Å². The number of nitrogens with two attached hydrogens (primary N) is 2. The highest BCUT2D eigenvalue weighted by Gasteiger charge is 2.09. The van der Waals surface area contributed by atoms with Crippen LogP contribution >= 0.6 is 0 Å². The molecule has 0 aromatic heterocycles.